The molecule has 83 heavy (non-hydrogen) atoms. The Hall–Kier alpha value is -2.37. The highest BCUT2D eigenvalue weighted by molar-refractivity contribution is 5.71. The van der Waals surface area contributed by atoms with E-state index in [4.69, 9.17) is 14.2 Å². The molecule has 0 rings (SSSR count). The van der Waals surface area contributed by atoms with E-state index in [1.807, 2.05) is 0 Å². The maximum absolute atomic E-state index is 13.0. The first-order chi connectivity index (χ1) is 41.0. The fourth-order valence-electron chi connectivity index (χ4n) is 11.5. The molecule has 0 N–H and O–H groups in total. The normalized spacial score (nSPS) is 12.2. The first-order valence-corrected chi connectivity index (χ1v) is 37.5. The number of hydrogen-bond donors (Lipinski definition) is 0. The molecule has 0 spiro atoms. The van der Waals surface area contributed by atoms with Crippen molar-refractivity contribution in [2.24, 2.45) is 0 Å². The van der Waals surface area contributed by atoms with Crippen LogP contribution in [0.25, 0.3) is 0 Å². The Morgan fingerprint density at radius 3 is 0.687 bits per heavy atom. The Labute approximate surface area is 518 Å². The van der Waals surface area contributed by atoms with Crippen molar-refractivity contribution in [3.63, 3.8) is 0 Å². The van der Waals surface area contributed by atoms with E-state index in [2.05, 4.69) is 57.2 Å². The summed E-state index contributed by atoms with van der Waals surface area (Å²) in [4.78, 5) is 38.5. The molecule has 6 nitrogen and oxygen atoms in total. The lowest BCUT2D eigenvalue weighted by molar-refractivity contribution is -0.167. The number of carbonyl (C=O) groups excluding carboxylic acids is 3. The van der Waals surface area contributed by atoms with Gasteiger partial charge in [0.1, 0.15) is 13.2 Å². The standard InChI is InChI=1S/C77H144O6/c1-4-7-10-13-16-19-22-25-28-31-34-35-36-37-38-39-40-41-42-43-44-47-49-52-55-58-61-64-67-70-76(79)82-73-74(83-77(80)71-68-65-62-59-56-53-50-46-33-30-27-24-21-18-15-12-9-6-3)72-81-75(78)69-66-63-60-57-54-51-48-45-32-29-26-23-20-17-14-11-8-5-2/h21,24,29-30,32-33,74H,4-20,22-23,25-28,31,34-73H2,1-3H3/b24-21-,32-29-,33-30-. The average Bonchev–Trinajstić information content (AvgIpc) is 3.50. The molecule has 0 aliphatic heterocycles. The summed E-state index contributed by atoms with van der Waals surface area (Å²) < 4.78 is 17.0. The first-order valence-electron chi connectivity index (χ1n) is 37.5. The lowest BCUT2D eigenvalue weighted by Gasteiger charge is -2.18. The molecule has 1 unspecified atom stereocenters. The van der Waals surface area contributed by atoms with Crippen molar-refractivity contribution in [3.8, 4) is 0 Å². The molecule has 1 atom stereocenters. The van der Waals surface area contributed by atoms with Crippen LogP contribution in [0.1, 0.15) is 419 Å². The summed E-state index contributed by atoms with van der Waals surface area (Å²) in [5.41, 5.74) is 0. The average molecular weight is 1170 g/mol. The summed E-state index contributed by atoms with van der Waals surface area (Å²) in [7, 11) is 0. The SMILES string of the molecule is CCCCCC/C=C\C/C=C\CCCCCCCCCC(=O)OC(COC(=O)CCCCCCCCC/C=C\CCCCCCCCC)COC(=O)CCCCCCCCCCCCCCCCCCCCCCCCCCCCCCC. The van der Waals surface area contributed by atoms with Gasteiger partial charge in [0, 0.05) is 19.3 Å². The summed E-state index contributed by atoms with van der Waals surface area (Å²) in [6.07, 6.45) is 90.5. The van der Waals surface area contributed by atoms with Crippen LogP contribution in [0.2, 0.25) is 0 Å². The summed E-state index contributed by atoms with van der Waals surface area (Å²) in [5.74, 6) is -0.853. The van der Waals surface area contributed by atoms with E-state index in [-0.39, 0.29) is 31.1 Å². The Morgan fingerprint density at radius 2 is 0.434 bits per heavy atom. The highest BCUT2D eigenvalue weighted by Crippen LogP contribution is 2.19. The third-order valence-electron chi connectivity index (χ3n) is 17.1. The summed E-state index contributed by atoms with van der Waals surface area (Å²) in [6, 6.07) is 0. The van der Waals surface area contributed by atoms with Gasteiger partial charge >= 0.3 is 17.9 Å². The Kier molecular flexibility index (Phi) is 70.0. The molecule has 0 aromatic heterocycles. The zero-order valence-corrected chi connectivity index (χ0v) is 56.2. The molecular weight excluding hydrogens is 1020 g/mol. The first kappa shape index (κ1) is 80.6. The second-order valence-corrected chi connectivity index (χ2v) is 25.6. The van der Waals surface area contributed by atoms with Gasteiger partial charge in [0.15, 0.2) is 6.10 Å². The molecule has 0 aliphatic rings. The summed E-state index contributed by atoms with van der Waals surface area (Å²) >= 11 is 0. The monoisotopic (exact) mass is 1170 g/mol. The van der Waals surface area contributed by atoms with Crippen molar-refractivity contribution < 1.29 is 28.6 Å². The lowest BCUT2D eigenvalue weighted by Crippen LogP contribution is -2.30. The van der Waals surface area contributed by atoms with Gasteiger partial charge in [-0.3, -0.25) is 14.4 Å². The number of hydrogen-bond acceptors (Lipinski definition) is 6. The molecule has 0 amide bonds. The quantitative estimate of drug-likeness (QED) is 0.0261. The minimum Gasteiger partial charge on any atom is -0.462 e. The number of rotatable bonds is 70. The van der Waals surface area contributed by atoms with E-state index in [0.717, 1.165) is 70.6 Å². The highest BCUT2D eigenvalue weighted by atomic mass is 16.6. The maximum Gasteiger partial charge on any atom is 0.306 e. The maximum atomic E-state index is 13.0. The van der Waals surface area contributed by atoms with Crippen LogP contribution in [0.4, 0.5) is 0 Å². The van der Waals surface area contributed by atoms with Crippen molar-refractivity contribution in [2.75, 3.05) is 13.2 Å². The minimum absolute atomic E-state index is 0.0720. The van der Waals surface area contributed by atoms with Crippen molar-refractivity contribution in [1.29, 1.82) is 0 Å². The van der Waals surface area contributed by atoms with E-state index in [1.165, 1.54) is 308 Å². The van der Waals surface area contributed by atoms with E-state index >= 15 is 0 Å². The molecule has 0 saturated carbocycles. The highest BCUT2D eigenvalue weighted by Gasteiger charge is 2.20. The molecule has 0 heterocycles. The van der Waals surface area contributed by atoms with Gasteiger partial charge in [0.25, 0.3) is 0 Å². The minimum atomic E-state index is -0.778. The predicted octanol–water partition coefficient (Wildman–Crippen LogP) is 25.9. The Bertz CT molecular complexity index is 1380. The molecule has 0 radical (unpaired) electrons. The van der Waals surface area contributed by atoms with Crippen LogP contribution < -0.4 is 0 Å². The molecule has 488 valence electrons. The molecule has 6 heteroatoms. The summed E-state index contributed by atoms with van der Waals surface area (Å²) in [6.45, 7) is 6.69. The third-order valence-corrected chi connectivity index (χ3v) is 17.1. The van der Waals surface area contributed by atoms with E-state index < -0.39 is 6.10 Å². The van der Waals surface area contributed by atoms with Crippen molar-refractivity contribution in [1.82, 2.24) is 0 Å². The van der Waals surface area contributed by atoms with Gasteiger partial charge in [0.05, 0.1) is 0 Å². The van der Waals surface area contributed by atoms with Crippen molar-refractivity contribution in [2.45, 2.75) is 425 Å². The zero-order valence-electron chi connectivity index (χ0n) is 56.2. The molecule has 0 aromatic rings. The van der Waals surface area contributed by atoms with Crippen LogP contribution in [0.3, 0.4) is 0 Å². The van der Waals surface area contributed by atoms with Crippen molar-refractivity contribution in [3.05, 3.63) is 36.5 Å². The van der Waals surface area contributed by atoms with Crippen LogP contribution in [-0.2, 0) is 28.6 Å². The topological polar surface area (TPSA) is 78.9 Å². The van der Waals surface area contributed by atoms with Gasteiger partial charge in [-0.15, -0.1) is 0 Å². The largest absolute Gasteiger partial charge is 0.462 e. The van der Waals surface area contributed by atoms with Crippen LogP contribution in [0.5, 0.6) is 0 Å². The Morgan fingerprint density at radius 1 is 0.241 bits per heavy atom. The van der Waals surface area contributed by atoms with E-state index in [0.29, 0.717) is 19.3 Å². The van der Waals surface area contributed by atoms with E-state index in [9.17, 15) is 14.4 Å². The number of unbranched alkanes of at least 4 members (excludes halogenated alkanes) is 53. The smallest absolute Gasteiger partial charge is 0.306 e. The molecule has 0 bridgehead atoms. The number of ether oxygens (including phenoxy) is 3. The summed E-state index contributed by atoms with van der Waals surface area (Å²) in [5, 5.41) is 0. The van der Waals surface area contributed by atoms with Crippen LogP contribution in [0, 0.1) is 0 Å². The van der Waals surface area contributed by atoms with E-state index in [1.54, 1.807) is 0 Å². The van der Waals surface area contributed by atoms with Gasteiger partial charge < -0.3 is 14.2 Å². The van der Waals surface area contributed by atoms with Gasteiger partial charge in [0.2, 0.25) is 0 Å². The molecular formula is C77H144O6. The van der Waals surface area contributed by atoms with Gasteiger partial charge in [-0.25, -0.2) is 0 Å². The zero-order chi connectivity index (χ0) is 59.9. The van der Waals surface area contributed by atoms with Crippen LogP contribution in [-0.4, -0.2) is 37.2 Å². The van der Waals surface area contributed by atoms with Crippen molar-refractivity contribution >= 4 is 17.9 Å². The number of allylic oxidation sites excluding steroid dienone is 6. The molecule has 0 saturated heterocycles. The Balaban J connectivity index is 4.23. The number of esters is 3. The van der Waals surface area contributed by atoms with Gasteiger partial charge in [-0.2, -0.15) is 0 Å². The predicted molar refractivity (Wildman–Crippen MR) is 362 cm³/mol. The van der Waals surface area contributed by atoms with Crippen LogP contribution in [0.15, 0.2) is 36.5 Å². The van der Waals surface area contributed by atoms with Gasteiger partial charge in [-0.05, 0) is 77.0 Å². The second kappa shape index (κ2) is 72.1. The second-order valence-electron chi connectivity index (χ2n) is 25.6. The fraction of sp³-hybridized carbons (Fsp3) is 0.883. The lowest BCUT2D eigenvalue weighted by atomic mass is 10.0. The van der Waals surface area contributed by atoms with Crippen LogP contribution >= 0.6 is 0 Å². The molecule has 0 fully saturated rings. The molecule has 0 aliphatic carbocycles. The third kappa shape index (κ3) is 70.3. The number of carbonyl (C=O) groups is 3. The fourth-order valence-corrected chi connectivity index (χ4v) is 11.5. The van der Waals surface area contributed by atoms with Gasteiger partial charge in [-0.1, -0.05) is 359 Å². The molecule has 0 aromatic carbocycles.